The number of hydrogen-bond acceptors (Lipinski definition) is 6. The van der Waals surface area contributed by atoms with Crippen LogP contribution in [0.25, 0.3) is 0 Å². The quantitative estimate of drug-likeness (QED) is 0.582. The monoisotopic (exact) mass is 429 g/mol. The molecule has 168 valence electrons. The van der Waals surface area contributed by atoms with Crippen molar-refractivity contribution < 1.29 is 23.9 Å². The summed E-state index contributed by atoms with van der Waals surface area (Å²) >= 11 is 0. The van der Waals surface area contributed by atoms with Crippen molar-refractivity contribution in [2.24, 2.45) is 0 Å². The maximum Gasteiger partial charge on any atom is 0.414 e. The Labute approximate surface area is 183 Å². The number of allylic oxidation sites excluding steroid dienone is 1. The second-order valence-corrected chi connectivity index (χ2v) is 9.14. The van der Waals surface area contributed by atoms with Crippen LogP contribution >= 0.6 is 0 Å². The summed E-state index contributed by atoms with van der Waals surface area (Å²) in [4.78, 5) is 40.6. The number of carbonyl (C=O) groups excluding carboxylic acids is 3. The highest BCUT2D eigenvalue weighted by molar-refractivity contribution is 6.10. The van der Waals surface area contributed by atoms with E-state index in [0.29, 0.717) is 17.8 Å². The molecule has 1 N–H and O–H groups in total. The number of amides is 2. The minimum atomic E-state index is -0.594. The number of nitrogens with one attached hydrogen (secondary N) is 1. The maximum atomic E-state index is 12.9. The number of benzene rings is 1. The number of Topliss-reactive ketones (excluding diaryl/α,β-unsaturated/α-hetero) is 1. The SMILES string of the molecule is CN(C)/C=C1/CCCc2cc(N3C[C@H](CNC(=O)OC(C)(C)C)OC3=O)ccc2C1=O. The van der Waals surface area contributed by atoms with Crippen LogP contribution in [0.3, 0.4) is 0 Å². The molecule has 1 saturated heterocycles. The van der Waals surface area contributed by atoms with Crippen molar-refractivity contribution in [3.63, 3.8) is 0 Å². The van der Waals surface area contributed by atoms with Crippen LogP contribution in [0.15, 0.2) is 30.0 Å². The Morgan fingerprint density at radius 1 is 1.29 bits per heavy atom. The highest BCUT2D eigenvalue weighted by Gasteiger charge is 2.33. The molecule has 0 bridgehead atoms. The van der Waals surface area contributed by atoms with Gasteiger partial charge in [-0.3, -0.25) is 9.69 Å². The average molecular weight is 430 g/mol. The zero-order valence-electron chi connectivity index (χ0n) is 18.9. The molecule has 0 radical (unpaired) electrons. The first kappa shape index (κ1) is 22.7. The van der Waals surface area contributed by atoms with Gasteiger partial charge in [0.1, 0.15) is 11.7 Å². The van der Waals surface area contributed by atoms with E-state index in [1.165, 1.54) is 4.90 Å². The van der Waals surface area contributed by atoms with Crippen LogP contribution in [0.5, 0.6) is 0 Å². The Balaban J connectivity index is 1.69. The molecule has 3 rings (SSSR count). The lowest BCUT2D eigenvalue weighted by atomic mass is 9.99. The Bertz CT molecular complexity index is 901. The molecule has 2 aliphatic rings. The van der Waals surface area contributed by atoms with Crippen LogP contribution in [0.2, 0.25) is 0 Å². The maximum absolute atomic E-state index is 12.9. The van der Waals surface area contributed by atoms with Crippen LogP contribution in [0, 0.1) is 0 Å². The van der Waals surface area contributed by atoms with E-state index >= 15 is 0 Å². The minimum Gasteiger partial charge on any atom is -0.444 e. The summed E-state index contributed by atoms with van der Waals surface area (Å²) in [5.41, 5.74) is 2.52. The van der Waals surface area contributed by atoms with Crippen molar-refractivity contribution in [2.75, 3.05) is 32.1 Å². The van der Waals surface area contributed by atoms with Gasteiger partial charge in [0, 0.05) is 37.1 Å². The van der Waals surface area contributed by atoms with Crippen molar-refractivity contribution in [3.8, 4) is 0 Å². The number of anilines is 1. The van der Waals surface area contributed by atoms with Gasteiger partial charge in [0.2, 0.25) is 0 Å². The standard InChI is InChI=1S/C23H31N3O5/c1-23(2,3)31-21(28)24-12-18-14-26(22(29)30-18)17-9-10-19-15(11-17)7-6-8-16(20(19)27)13-25(4)5/h9-11,13,18H,6-8,12,14H2,1-5H3,(H,24,28)/b16-13-/t18-/m0/s1. The number of carbonyl (C=O) groups is 3. The molecule has 1 aromatic rings. The highest BCUT2D eigenvalue weighted by atomic mass is 16.6. The lowest BCUT2D eigenvalue weighted by Gasteiger charge is -2.20. The predicted octanol–water partition coefficient (Wildman–Crippen LogP) is 3.50. The topological polar surface area (TPSA) is 88.2 Å². The lowest BCUT2D eigenvalue weighted by Crippen LogP contribution is -2.38. The third kappa shape index (κ3) is 5.77. The molecule has 1 fully saturated rings. The summed E-state index contributed by atoms with van der Waals surface area (Å²) in [6.45, 7) is 5.83. The van der Waals surface area contributed by atoms with Crippen LogP contribution in [0.4, 0.5) is 15.3 Å². The summed E-state index contributed by atoms with van der Waals surface area (Å²) in [6, 6.07) is 5.47. The minimum absolute atomic E-state index is 0.0381. The number of ketones is 1. The molecular weight excluding hydrogens is 398 g/mol. The van der Waals surface area contributed by atoms with Gasteiger partial charge in [-0.25, -0.2) is 9.59 Å². The van der Waals surface area contributed by atoms with E-state index in [4.69, 9.17) is 9.47 Å². The van der Waals surface area contributed by atoms with Gasteiger partial charge >= 0.3 is 12.2 Å². The summed E-state index contributed by atoms with van der Waals surface area (Å²) in [5.74, 6) is 0.0381. The molecule has 0 aromatic heterocycles. The molecule has 31 heavy (non-hydrogen) atoms. The Morgan fingerprint density at radius 3 is 2.71 bits per heavy atom. The van der Waals surface area contributed by atoms with Gasteiger partial charge in [0.25, 0.3) is 0 Å². The van der Waals surface area contributed by atoms with E-state index in [0.717, 1.165) is 30.4 Å². The molecule has 0 saturated carbocycles. The van der Waals surface area contributed by atoms with Gasteiger partial charge in [-0.05, 0) is 63.8 Å². The first-order chi connectivity index (χ1) is 14.5. The Morgan fingerprint density at radius 2 is 2.03 bits per heavy atom. The second kappa shape index (κ2) is 8.99. The predicted molar refractivity (Wildman–Crippen MR) is 117 cm³/mol. The van der Waals surface area contributed by atoms with Crippen LogP contribution < -0.4 is 10.2 Å². The molecule has 0 spiro atoms. The van der Waals surface area contributed by atoms with Crippen molar-refractivity contribution in [1.82, 2.24) is 10.2 Å². The second-order valence-electron chi connectivity index (χ2n) is 9.14. The van der Waals surface area contributed by atoms with Gasteiger partial charge < -0.3 is 19.7 Å². The highest BCUT2D eigenvalue weighted by Crippen LogP contribution is 2.30. The number of aryl methyl sites for hydroxylation is 1. The normalized spacial score (nSPS) is 20.2. The number of cyclic esters (lactones) is 1. The van der Waals surface area contributed by atoms with Crippen LogP contribution in [0.1, 0.15) is 49.5 Å². The van der Waals surface area contributed by atoms with Gasteiger partial charge in [-0.15, -0.1) is 0 Å². The number of fused-ring (bicyclic) bond motifs is 1. The van der Waals surface area contributed by atoms with Crippen molar-refractivity contribution in [3.05, 3.63) is 41.1 Å². The first-order valence-corrected chi connectivity index (χ1v) is 10.5. The molecule has 1 heterocycles. The van der Waals surface area contributed by atoms with E-state index in [9.17, 15) is 14.4 Å². The molecular formula is C23H31N3O5. The third-order valence-electron chi connectivity index (χ3n) is 4.99. The fraction of sp³-hybridized carbons (Fsp3) is 0.522. The fourth-order valence-electron chi connectivity index (χ4n) is 3.72. The average Bonchev–Trinajstić information content (AvgIpc) is 2.96. The van der Waals surface area contributed by atoms with E-state index in [1.807, 2.05) is 31.3 Å². The van der Waals surface area contributed by atoms with Gasteiger partial charge in [-0.2, -0.15) is 0 Å². The van der Waals surface area contributed by atoms with Crippen LogP contribution in [-0.4, -0.2) is 61.8 Å². The number of ether oxygens (including phenoxy) is 2. The van der Waals surface area contributed by atoms with E-state index in [1.54, 1.807) is 32.9 Å². The molecule has 1 atom stereocenters. The number of alkyl carbamates (subject to hydrolysis) is 1. The molecule has 1 aliphatic carbocycles. The zero-order chi connectivity index (χ0) is 22.8. The lowest BCUT2D eigenvalue weighted by molar-refractivity contribution is 0.0496. The van der Waals surface area contributed by atoms with Crippen molar-refractivity contribution in [2.45, 2.75) is 51.7 Å². The van der Waals surface area contributed by atoms with Gasteiger partial charge in [0.05, 0.1) is 13.1 Å². The van der Waals surface area contributed by atoms with Crippen molar-refractivity contribution >= 4 is 23.7 Å². The smallest absolute Gasteiger partial charge is 0.414 e. The molecule has 1 aliphatic heterocycles. The first-order valence-electron chi connectivity index (χ1n) is 10.5. The zero-order valence-corrected chi connectivity index (χ0v) is 18.9. The number of hydrogen-bond donors (Lipinski definition) is 1. The molecule has 0 unspecified atom stereocenters. The summed E-state index contributed by atoms with van der Waals surface area (Å²) in [7, 11) is 3.81. The van der Waals surface area contributed by atoms with E-state index in [-0.39, 0.29) is 12.3 Å². The summed E-state index contributed by atoms with van der Waals surface area (Å²) < 4.78 is 10.6. The van der Waals surface area contributed by atoms with E-state index < -0.39 is 23.9 Å². The Kier molecular flexibility index (Phi) is 6.57. The molecule has 1 aromatic carbocycles. The number of nitrogens with zero attached hydrogens (tertiary/aromatic N) is 2. The molecule has 8 nitrogen and oxygen atoms in total. The van der Waals surface area contributed by atoms with Gasteiger partial charge in [0.15, 0.2) is 5.78 Å². The largest absolute Gasteiger partial charge is 0.444 e. The van der Waals surface area contributed by atoms with Crippen LogP contribution in [-0.2, 0) is 15.9 Å². The fourth-order valence-corrected chi connectivity index (χ4v) is 3.72. The third-order valence-corrected chi connectivity index (χ3v) is 4.99. The van der Waals surface area contributed by atoms with Gasteiger partial charge in [-0.1, -0.05) is 0 Å². The summed E-state index contributed by atoms with van der Waals surface area (Å²) in [5, 5.41) is 2.64. The van der Waals surface area contributed by atoms with Crippen molar-refractivity contribution in [1.29, 1.82) is 0 Å². The van der Waals surface area contributed by atoms with E-state index in [2.05, 4.69) is 5.32 Å². The molecule has 8 heteroatoms. The Hall–Kier alpha value is -3.03. The number of rotatable bonds is 4. The summed E-state index contributed by atoms with van der Waals surface area (Å²) in [6.07, 6.45) is 2.75. The molecule has 2 amide bonds.